The zero-order valence-corrected chi connectivity index (χ0v) is 11.5. The van der Waals surface area contributed by atoms with Gasteiger partial charge in [0.1, 0.15) is 5.82 Å². The highest BCUT2D eigenvalue weighted by atomic mass is 35.5. The van der Waals surface area contributed by atoms with Gasteiger partial charge in [-0.05, 0) is 31.5 Å². The van der Waals surface area contributed by atoms with Crippen molar-refractivity contribution in [3.05, 3.63) is 34.6 Å². The van der Waals surface area contributed by atoms with Gasteiger partial charge in [0, 0.05) is 36.3 Å². The van der Waals surface area contributed by atoms with Crippen LogP contribution in [0.3, 0.4) is 0 Å². The summed E-state index contributed by atoms with van der Waals surface area (Å²) >= 11 is 5.71. The fraction of sp³-hybridized carbons (Fsp3) is 0.571. The van der Waals surface area contributed by atoms with E-state index in [-0.39, 0.29) is 5.82 Å². The molecule has 0 unspecified atom stereocenters. The summed E-state index contributed by atoms with van der Waals surface area (Å²) in [5, 5.41) is 3.73. The van der Waals surface area contributed by atoms with Crippen LogP contribution in [0.1, 0.15) is 25.3 Å². The smallest absolute Gasteiger partial charge is 0.129 e. The van der Waals surface area contributed by atoms with Crippen LogP contribution < -0.4 is 5.32 Å². The first-order chi connectivity index (χ1) is 8.70. The van der Waals surface area contributed by atoms with Gasteiger partial charge in [-0.3, -0.25) is 4.90 Å². The summed E-state index contributed by atoms with van der Waals surface area (Å²) in [6.45, 7) is 5.78. The first-order valence-electron chi connectivity index (χ1n) is 6.59. The van der Waals surface area contributed by atoms with Gasteiger partial charge in [-0.15, -0.1) is 0 Å². The second-order valence-electron chi connectivity index (χ2n) is 4.77. The summed E-state index contributed by atoms with van der Waals surface area (Å²) in [5.41, 5.74) is 0.675. The maximum absolute atomic E-state index is 13.5. The predicted molar refractivity (Wildman–Crippen MR) is 73.4 cm³/mol. The van der Waals surface area contributed by atoms with E-state index < -0.39 is 0 Å². The molecule has 0 spiro atoms. The summed E-state index contributed by atoms with van der Waals surface area (Å²) in [7, 11) is 0. The molecule has 0 aliphatic heterocycles. The monoisotopic (exact) mass is 270 g/mol. The maximum atomic E-state index is 13.5. The van der Waals surface area contributed by atoms with Gasteiger partial charge in [-0.2, -0.15) is 0 Å². The summed E-state index contributed by atoms with van der Waals surface area (Å²) in [4.78, 5) is 2.48. The standard InChI is InChI=1S/C14H20ClFN2/c1-2-18(13-5-6-13)8-7-17-10-11-3-4-12(15)9-14(11)16/h3-4,9,13,17H,2,5-8,10H2,1H3. The molecule has 0 radical (unpaired) electrons. The molecule has 1 fully saturated rings. The first kappa shape index (κ1) is 13.8. The lowest BCUT2D eigenvalue weighted by Crippen LogP contribution is -2.33. The van der Waals surface area contributed by atoms with Gasteiger partial charge in [-0.25, -0.2) is 4.39 Å². The second-order valence-corrected chi connectivity index (χ2v) is 5.21. The molecule has 0 saturated heterocycles. The maximum Gasteiger partial charge on any atom is 0.129 e. The minimum atomic E-state index is -0.232. The van der Waals surface area contributed by atoms with E-state index in [0.29, 0.717) is 17.1 Å². The van der Waals surface area contributed by atoms with Crippen LogP contribution in [0.4, 0.5) is 4.39 Å². The van der Waals surface area contributed by atoms with Crippen molar-refractivity contribution in [2.24, 2.45) is 0 Å². The third-order valence-corrected chi connectivity index (χ3v) is 3.61. The van der Waals surface area contributed by atoms with Crippen LogP contribution >= 0.6 is 11.6 Å². The Morgan fingerprint density at radius 1 is 1.44 bits per heavy atom. The molecule has 0 heterocycles. The Labute approximate surface area is 113 Å². The molecule has 1 aliphatic rings. The minimum Gasteiger partial charge on any atom is -0.311 e. The zero-order valence-electron chi connectivity index (χ0n) is 10.8. The molecule has 0 aromatic heterocycles. The van der Waals surface area contributed by atoms with E-state index in [0.717, 1.165) is 25.7 Å². The molecule has 2 rings (SSSR count). The lowest BCUT2D eigenvalue weighted by molar-refractivity contribution is 0.276. The van der Waals surface area contributed by atoms with Crippen molar-refractivity contribution < 1.29 is 4.39 Å². The Kier molecular flexibility index (Phi) is 4.98. The van der Waals surface area contributed by atoms with Crippen molar-refractivity contribution in [1.82, 2.24) is 10.2 Å². The second kappa shape index (κ2) is 6.50. The van der Waals surface area contributed by atoms with E-state index in [9.17, 15) is 4.39 Å². The Bertz CT molecular complexity index is 393. The quantitative estimate of drug-likeness (QED) is 0.766. The molecule has 1 aromatic carbocycles. The molecule has 1 saturated carbocycles. The van der Waals surface area contributed by atoms with Crippen molar-refractivity contribution >= 4 is 11.6 Å². The Hall–Kier alpha value is -0.640. The van der Waals surface area contributed by atoms with Crippen LogP contribution in [0, 0.1) is 5.82 Å². The molecule has 0 amide bonds. The van der Waals surface area contributed by atoms with Crippen LogP contribution in [-0.4, -0.2) is 30.6 Å². The van der Waals surface area contributed by atoms with Gasteiger partial charge in [0.05, 0.1) is 0 Å². The first-order valence-corrected chi connectivity index (χ1v) is 6.97. The van der Waals surface area contributed by atoms with E-state index in [1.165, 1.54) is 18.9 Å². The van der Waals surface area contributed by atoms with Crippen LogP contribution in [0.15, 0.2) is 18.2 Å². The lowest BCUT2D eigenvalue weighted by Gasteiger charge is -2.19. The predicted octanol–water partition coefficient (Wildman–Crippen LogP) is 3.05. The molecule has 1 aromatic rings. The van der Waals surface area contributed by atoms with E-state index in [4.69, 9.17) is 11.6 Å². The number of nitrogens with one attached hydrogen (secondary N) is 1. The van der Waals surface area contributed by atoms with Crippen molar-refractivity contribution in [1.29, 1.82) is 0 Å². The van der Waals surface area contributed by atoms with Crippen molar-refractivity contribution in [2.75, 3.05) is 19.6 Å². The number of hydrogen-bond donors (Lipinski definition) is 1. The summed E-state index contributed by atoms with van der Waals surface area (Å²) in [6.07, 6.45) is 2.67. The van der Waals surface area contributed by atoms with Gasteiger partial charge in [0.25, 0.3) is 0 Å². The molecule has 0 atom stereocenters. The van der Waals surface area contributed by atoms with Crippen molar-refractivity contribution in [3.8, 4) is 0 Å². The molecule has 100 valence electrons. The normalized spacial score (nSPS) is 15.3. The highest BCUT2D eigenvalue weighted by molar-refractivity contribution is 6.30. The third-order valence-electron chi connectivity index (χ3n) is 3.38. The average Bonchev–Trinajstić information content (AvgIpc) is 3.16. The third kappa shape index (κ3) is 3.94. The largest absolute Gasteiger partial charge is 0.311 e. The number of likely N-dealkylation sites (N-methyl/N-ethyl adjacent to an activating group) is 1. The minimum absolute atomic E-state index is 0.232. The van der Waals surface area contributed by atoms with Gasteiger partial charge < -0.3 is 5.32 Å². The SMILES string of the molecule is CCN(CCNCc1ccc(Cl)cc1F)C1CC1. The Morgan fingerprint density at radius 3 is 2.83 bits per heavy atom. The molecule has 0 bridgehead atoms. The summed E-state index contributed by atoms with van der Waals surface area (Å²) in [6, 6.07) is 5.62. The van der Waals surface area contributed by atoms with Gasteiger partial charge in [-0.1, -0.05) is 24.6 Å². The van der Waals surface area contributed by atoms with E-state index in [2.05, 4.69) is 17.1 Å². The van der Waals surface area contributed by atoms with E-state index in [1.807, 2.05) is 0 Å². The summed E-state index contributed by atoms with van der Waals surface area (Å²) in [5.74, 6) is -0.232. The lowest BCUT2D eigenvalue weighted by atomic mass is 10.2. The van der Waals surface area contributed by atoms with Crippen LogP contribution in [-0.2, 0) is 6.54 Å². The molecular weight excluding hydrogens is 251 g/mol. The molecule has 2 nitrogen and oxygen atoms in total. The van der Waals surface area contributed by atoms with Crippen molar-refractivity contribution in [2.45, 2.75) is 32.4 Å². The van der Waals surface area contributed by atoms with Crippen LogP contribution in [0.2, 0.25) is 5.02 Å². The average molecular weight is 271 g/mol. The Morgan fingerprint density at radius 2 is 2.22 bits per heavy atom. The number of rotatable bonds is 7. The molecule has 18 heavy (non-hydrogen) atoms. The Balaban J connectivity index is 1.71. The van der Waals surface area contributed by atoms with Crippen LogP contribution in [0.5, 0.6) is 0 Å². The highest BCUT2D eigenvalue weighted by Crippen LogP contribution is 2.25. The van der Waals surface area contributed by atoms with E-state index >= 15 is 0 Å². The van der Waals surface area contributed by atoms with E-state index in [1.54, 1.807) is 12.1 Å². The number of nitrogens with zero attached hydrogens (tertiary/aromatic N) is 1. The highest BCUT2D eigenvalue weighted by Gasteiger charge is 2.26. The topological polar surface area (TPSA) is 15.3 Å². The summed E-state index contributed by atoms with van der Waals surface area (Å²) < 4.78 is 13.5. The number of benzene rings is 1. The van der Waals surface area contributed by atoms with Gasteiger partial charge in [0.2, 0.25) is 0 Å². The number of halogens is 2. The number of hydrogen-bond acceptors (Lipinski definition) is 2. The van der Waals surface area contributed by atoms with Crippen LogP contribution in [0.25, 0.3) is 0 Å². The van der Waals surface area contributed by atoms with Gasteiger partial charge in [0.15, 0.2) is 0 Å². The van der Waals surface area contributed by atoms with Crippen molar-refractivity contribution in [3.63, 3.8) is 0 Å². The van der Waals surface area contributed by atoms with Gasteiger partial charge >= 0.3 is 0 Å². The molecular formula is C14H20ClFN2. The molecule has 1 N–H and O–H groups in total. The molecule has 4 heteroatoms. The fourth-order valence-corrected chi connectivity index (χ4v) is 2.31. The fourth-order valence-electron chi connectivity index (χ4n) is 2.15. The zero-order chi connectivity index (χ0) is 13.0. The molecule has 1 aliphatic carbocycles.